The molecule has 1 heterocycles. The monoisotopic (exact) mass is 939 g/mol. The first kappa shape index (κ1) is 45.9. The van der Waals surface area contributed by atoms with Gasteiger partial charge in [0.25, 0.3) is 0 Å². The summed E-state index contributed by atoms with van der Waals surface area (Å²) in [4.78, 5) is 6.04. The summed E-state index contributed by atoms with van der Waals surface area (Å²) in [6.45, 7) is 0. The molecule has 0 saturated heterocycles. The summed E-state index contributed by atoms with van der Waals surface area (Å²) in [6, 6.07) is 18.7. The normalized spacial score (nSPS) is 13.3. The standard InChI is InChI=1S/C24BF20.C18H14NO/c26-5-1(6(27)14(35)21(42)13(5)34)25(2-7(28)15(36)22(43)16(37)8(2)29,3-9(30)17(38)23(44)18(39)10(3)31)4-11(32)19(40)24(45)20(41)12(4)33;1-2-7-16-13-19(12-11-14(16)5-1)20-18-10-9-15-6-3-4-8-17(15)18/h;1-13,18H/q-1;+1. The number of hydrogen-bond donors (Lipinski definition) is 0. The molecule has 0 radical (unpaired) electrons. The minimum atomic E-state index is -7.22. The number of rotatable bonds is 6. The van der Waals surface area contributed by atoms with Crippen molar-refractivity contribution in [2.45, 2.75) is 6.10 Å². The maximum Gasteiger partial charge on any atom is 0.230 e. The molecule has 0 bridgehead atoms. The maximum absolute atomic E-state index is 15.4. The molecule has 0 aliphatic heterocycles. The van der Waals surface area contributed by atoms with Gasteiger partial charge in [0.05, 0.1) is 5.39 Å². The van der Waals surface area contributed by atoms with Gasteiger partial charge in [-0.25, -0.2) is 87.8 Å². The summed E-state index contributed by atoms with van der Waals surface area (Å²) in [5, 5.41) is 2.39. The Balaban J connectivity index is 0.000000258. The van der Waals surface area contributed by atoms with Crippen molar-refractivity contribution in [2.24, 2.45) is 0 Å². The highest BCUT2D eigenvalue weighted by Crippen LogP contribution is 2.31. The van der Waals surface area contributed by atoms with E-state index in [2.05, 4.69) is 48.6 Å². The van der Waals surface area contributed by atoms with Crippen molar-refractivity contribution in [3.8, 4) is 0 Å². The van der Waals surface area contributed by atoms with Crippen molar-refractivity contribution in [3.05, 3.63) is 201 Å². The lowest BCUT2D eigenvalue weighted by molar-refractivity contribution is -0.897. The smallest absolute Gasteiger partial charge is 0.230 e. The fourth-order valence-corrected chi connectivity index (χ4v) is 7.49. The Morgan fingerprint density at radius 3 is 1.03 bits per heavy atom. The van der Waals surface area contributed by atoms with Crippen LogP contribution in [-0.4, -0.2) is 6.15 Å². The Morgan fingerprint density at radius 1 is 0.354 bits per heavy atom. The van der Waals surface area contributed by atoms with Gasteiger partial charge in [-0.3, -0.25) is 4.84 Å². The van der Waals surface area contributed by atoms with Crippen LogP contribution in [0, 0.1) is 116 Å². The summed E-state index contributed by atoms with van der Waals surface area (Å²) in [7, 11) is 0. The van der Waals surface area contributed by atoms with Gasteiger partial charge < -0.3 is 0 Å². The largest absolute Gasteiger partial charge is 0.259 e. The molecule has 0 spiro atoms. The van der Waals surface area contributed by atoms with E-state index in [9.17, 15) is 52.7 Å². The van der Waals surface area contributed by atoms with Crippen LogP contribution in [-0.2, 0) is 0 Å². The molecule has 0 N–H and O–H groups in total. The molecule has 1 unspecified atom stereocenters. The van der Waals surface area contributed by atoms with Gasteiger partial charge in [0.2, 0.25) is 18.5 Å². The number of pyridine rings is 1. The average Bonchev–Trinajstić information content (AvgIpc) is 3.71. The third kappa shape index (κ3) is 6.98. The molecule has 1 aromatic heterocycles. The Hall–Kier alpha value is -7.07. The van der Waals surface area contributed by atoms with E-state index >= 15 is 35.1 Å². The molecule has 23 heteroatoms. The molecule has 1 atom stereocenters. The molecule has 7 aromatic rings. The first-order chi connectivity index (χ1) is 30.6. The van der Waals surface area contributed by atoms with Crippen LogP contribution in [0.4, 0.5) is 87.8 Å². The summed E-state index contributed by atoms with van der Waals surface area (Å²) in [5.74, 6) is -71.4. The number of halogens is 20. The third-order valence-corrected chi connectivity index (χ3v) is 10.4. The summed E-state index contributed by atoms with van der Waals surface area (Å²) < 4.78 is 296. The lowest BCUT2D eigenvalue weighted by atomic mass is 9.12. The zero-order chi connectivity index (χ0) is 47.7. The van der Waals surface area contributed by atoms with Crippen LogP contribution >= 0.6 is 0 Å². The average molecular weight is 939 g/mol. The van der Waals surface area contributed by atoms with Crippen LogP contribution in [0.3, 0.4) is 0 Å². The van der Waals surface area contributed by atoms with Crippen LogP contribution in [0.25, 0.3) is 16.8 Å². The SMILES string of the molecule is C1=CC(O[n+]2ccc3ccccc3c2)c2ccccc21.Fc1c(F)c(F)c([B-](c2c(F)c(F)c(F)c(F)c2F)(c2c(F)c(F)c(F)c(F)c2F)c2c(F)c(F)c(F)c(F)c2F)c(F)c1F. The molecule has 336 valence electrons. The molecular formula is C42H14BF20NO. The van der Waals surface area contributed by atoms with Crippen molar-refractivity contribution >= 4 is 44.8 Å². The minimum Gasteiger partial charge on any atom is -0.259 e. The highest BCUT2D eigenvalue weighted by molar-refractivity contribution is 7.20. The molecule has 8 rings (SSSR count). The zero-order valence-electron chi connectivity index (χ0n) is 31.1. The van der Waals surface area contributed by atoms with Crippen molar-refractivity contribution in [1.29, 1.82) is 0 Å². The molecule has 1 aliphatic rings. The predicted octanol–water partition coefficient (Wildman–Crippen LogP) is 9.17. The van der Waals surface area contributed by atoms with E-state index in [-0.39, 0.29) is 6.10 Å². The highest BCUT2D eigenvalue weighted by Gasteiger charge is 2.52. The molecule has 6 aromatic carbocycles. The van der Waals surface area contributed by atoms with Crippen LogP contribution in [0.15, 0.2) is 73.1 Å². The second kappa shape index (κ2) is 16.8. The van der Waals surface area contributed by atoms with Gasteiger partial charge in [0.1, 0.15) is 52.7 Å². The van der Waals surface area contributed by atoms with Crippen molar-refractivity contribution in [1.82, 2.24) is 0 Å². The van der Waals surface area contributed by atoms with Crippen molar-refractivity contribution < 1.29 is 97.4 Å². The van der Waals surface area contributed by atoms with Gasteiger partial charge in [0, 0.05) is 16.4 Å². The molecule has 0 amide bonds. The number of benzene rings is 6. The lowest BCUT2D eigenvalue weighted by Crippen LogP contribution is -2.81. The Kier molecular flexibility index (Phi) is 11.9. The zero-order valence-corrected chi connectivity index (χ0v) is 31.1. The van der Waals surface area contributed by atoms with Crippen LogP contribution < -0.4 is 31.4 Å². The van der Waals surface area contributed by atoms with E-state index in [0.717, 1.165) is 0 Å². The van der Waals surface area contributed by atoms with Crippen molar-refractivity contribution in [3.63, 3.8) is 0 Å². The number of hydrogen-bond acceptors (Lipinski definition) is 1. The van der Waals surface area contributed by atoms with Gasteiger partial charge in [-0.2, -0.15) is 0 Å². The van der Waals surface area contributed by atoms with E-state index < -0.39 is 144 Å². The Labute approximate surface area is 348 Å². The Bertz CT molecular complexity index is 2780. The van der Waals surface area contributed by atoms with E-state index in [1.165, 1.54) is 21.9 Å². The number of nitrogens with zero attached hydrogens (tertiary/aromatic N) is 1. The fourth-order valence-electron chi connectivity index (χ4n) is 7.49. The topological polar surface area (TPSA) is 13.1 Å². The van der Waals surface area contributed by atoms with E-state index in [0.29, 0.717) is 0 Å². The predicted molar refractivity (Wildman–Crippen MR) is 188 cm³/mol. The molecule has 0 fully saturated rings. The highest BCUT2D eigenvalue weighted by atomic mass is 19.2. The van der Waals surface area contributed by atoms with Gasteiger partial charge in [0.15, 0.2) is 69.8 Å². The molecule has 0 saturated carbocycles. The molecular weight excluding hydrogens is 925 g/mol. The first-order valence-corrected chi connectivity index (χ1v) is 17.7. The third-order valence-electron chi connectivity index (χ3n) is 10.4. The van der Waals surface area contributed by atoms with Gasteiger partial charge in [-0.05, 0) is 23.1 Å². The second-order valence-electron chi connectivity index (χ2n) is 13.7. The number of aromatic nitrogens is 1. The number of fused-ring (bicyclic) bond motifs is 2. The molecule has 65 heavy (non-hydrogen) atoms. The van der Waals surface area contributed by atoms with Gasteiger partial charge in [-0.1, -0.05) is 48.5 Å². The van der Waals surface area contributed by atoms with E-state index in [4.69, 9.17) is 4.84 Å². The van der Waals surface area contributed by atoms with Crippen molar-refractivity contribution in [2.75, 3.05) is 0 Å². The summed E-state index contributed by atoms with van der Waals surface area (Å²) >= 11 is 0. The van der Waals surface area contributed by atoms with Crippen LogP contribution in [0.1, 0.15) is 17.2 Å². The van der Waals surface area contributed by atoms with E-state index in [1.807, 2.05) is 30.6 Å². The first-order valence-electron chi connectivity index (χ1n) is 17.7. The van der Waals surface area contributed by atoms with Crippen LogP contribution in [0.2, 0.25) is 0 Å². The van der Waals surface area contributed by atoms with Gasteiger partial charge >= 0.3 is 0 Å². The lowest BCUT2D eigenvalue weighted by Gasteiger charge is -2.44. The summed E-state index contributed by atoms with van der Waals surface area (Å²) in [6.07, 6.45) is 0.943. The summed E-state index contributed by atoms with van der Waals surface area (Å²) in [5.41, 5.74) is -11.9. The second-order valence-corrected chi connectivity index (χ2v) is 13.7. The van der Waals surface area contributed by atoms with Crippen LogP contribution in [0.5, 0.6) is 0 Å². The van der Waals surface area contributed by atoms with Gasteiger partial charge in [-0.15, -0.1) is 21.9 Å². The molecule has 1 aliphatic carbocycles. The fraction of sp³-hybridized carbons (Fsp3) is 0.0238. The maximum atomic E-state index is 15.4. The molecule has 2 nitrogen and oxygen atoms in total. The Morgan fingerprint density at radius 2 is 0.662 bits per heavy atom. The van der Waals surface area contributed by atoms with E-state index in [1.54, 1.807) is 4.73 Å². The quantitative estimate of drug-likeness (QED) is 0.0534. The minimum absolute atomic E-state index is 0.0163.